The highest BCUT2D eigenvalue weighted by Gasteiger charge is 2.24. The lowest BCUT2D eigenvalue weighted by Crippen LogP contribution is -2.46. The molecule has 0 unspecified atom stereocenters. The van der Waals surface area contributed by atoms with Crippen LogP contribution in [0.25, 0.3) is 0 Å². The first-order valence-corrected chi connectivity index (χ1v) is 10.3. The van der Waals surface area contributed by atoms with Gasteiger partial charge in [0, 0.05) is 45.5 Å². The van der Waals surface area contributed by atoms with Gasteiger partial charge in [-0.2, -0.15) is 0 Å². The first-order chi connectivity index (χ1) is 14.2. The van der Waals surface area contributed by atoms with Crippen LogP contribution in [0.5, 0.6) is 11.5 Å². The van der Waals surface area contributed by atoms with Gasteiger partial charge in [0.15, 0.2) is 0 Å². The van der Waals surface area contributed by atoms with Crippen LogP contribution in [-0.2, 0) is 11.2 Å². The molecular weight excluding hydrogens is 366 g/mol. The number of benzene rings is 2. The predicted molar refractivity (Wildman–Crippen MR) is 115 cm³/mol. The van der Waals surface area contributed by atoms with Crippen LogP contribution in [0.2, 0.25) is 0 Å². The zero-order valence-corrected chi connectivity index (χ0v) is 17.3. The van der Waals surface area contributed by atoms with Crippen molar-refractivity contribution in [2.24, 2.45) is 0 Å². The van der Waals surface area contributed by atoms with Gasteiger partial charge in [0.2, 0.25) is 5.91 Å². The molecule has 2 aromatic carbocycles. The highest BCUT2D eigenvalue weighted by molar-refractivity contribution is 6.01. The van der Waals surface area contributed by atoms with E-state index in [1.165, 1.54) is 5.69 Å². The van der Waals surface area contributed by atoms with Gasteiger partial charge in [-0.1, -0.05) is 12.1 Å². The van der Waals surface area contributed by atoms with Crippen molar-refractivity contribution in [1.82, 2.24) is 4.90 Å². The Morgan fingerprint density at radius 3 is 2.59 bits per heavy atom. The molecule has 29 heavy (non-hydrogen) atoms. The Morgan fingerprint density at radius 2 is 1.79 bits per heavy atom. The SMILES string of the molecule is COc1ccccc1N1CCN(CCCOc2ccc3c(c2)CC(=O)N3C)CC1. The molecule has 0 aliphatic carbocycles. The average molecular weight is 396 g/mol. The Hall–Kier alpha value is -2.73. The van der Waals surface area contributed by atoms with Gasteiger partial charge in [0.1, 0.15) is 11.5 Å². The van der Waals surface area contributed by atoms with Crippen LogP contribution >= 0.6 is 0 Å². The van der Waals surface area contributed by atoms with Gasteiger partial charge in [-0.15, -0.1) is 0 Å². The number of fused-ring (bicyclic) bond motifs is 1. The van der Waals surface area contributed by atoms with Crippen molar-refractivity contribution in [3.05, 3.63) is 48.0 Å². The molecule has 6 nitrogen and oxygen atoms in total. The summed E-state index contributed by atoms with van der Waals surface area (Å²) in [5.74, 6) is 1.94. The third-order valence-corrected chi connectivity index (χ3v) is 5.81. The molecular formula is C23H29N3O3. The largest absolute Gasteiger partial charge is 0.495 e. The minimum Gasteiger partial charge on any atom is -0.495 e. The van der Waals surface area contributed by atoms with E-state index < -0.39 is 0 Å². The molecule has 4 rings (SSSR count). The first-order valence-electron chi connectivity index (χ1n) is 10.3. The molecule has 0 radical (unpaired) electrons. The van der Waals surface area contributed by atoms with Gasteiger partial charge >= 0.3 is 0 Å². The highest BCUT2D eigenvalue weighted by atomic mass is 16.5. The third-order valence-electron chi connectivity index (χ3n) is 5.81. The van der Waals surface area contributed by atoms with Crippen LogP contribution in [0.15, 0.2) is 42.5 Å². The third kappa shape index (κ3) is 4.32. The zero-order valence-electron chi connectivity index (χ0n) is 17.3. The summed E-state index contributed by atoms with van der Waals surface area (Å²) in [5, 5.41) is 0. The summed E-state index contributed by atoms with van der Waals surface area (Å²) in [6, 6.07) is 14.2. The highest BCUT2D eigenvalue weighted by Crippen LogP contribution is 2.31. The minimum atomic E-state index is 0.143. The lowest BCUT2D eigenvalue weighted by molar-refractivity contribution is -0.117. The molecule has 154 valence electrons. The standard InChI is InChI=1S/C23H29N3O3/c1-24-20-9-8-19(16-18(20)17-23(24)27)29-15-5-10-25-11-13-26(14-12-25)21-6-3-4-7-22(21)28-2/h3-4,6-9,16H,5,10-15,17H2,1-2H3. The summed E-state index contributed by atoms with van der Waals surface area (Å²) in [6.45, 7) is 5.83. The summed E-state index contributed by atoms with van der Waals surface area (Å²) < 4.78 is 11.4. The van der Waals surface area contributed by atoms with E-state index in [1.807, 2.05) is 37.4 Å². The van der Waals surface area contributed by atoms with Gasteiger partial charge in [-0.25, -0.2) is 0 Å². The van der Waals surface area contributed by atoms with Crippen LogP contribution < -0.4 is 19.3 Å². The molecule has 1 fully saturated rings. The van der Waals surface area contributed by atoms with E-state index >= 15 is 0 Å². The Balaban J connectivity index is 1.20. The van der Waals surface area contributed by atoms with Crippen molar-refractivity contribution in [2.75, 3.05) is 63.3 Å². The summed E-state index contributed by atoms with van der Waals surface area (Å²) in [5.41, 5.74) is 3.23. The van der Waals surface area contributed by atoms with Gasteiger partial charge in [-0.3, -0.25) is 9.69 Å². The molecule has 2 aliphatic rings. The quantitative estimate of drug-likeness (QED) is 0.675. The van der Waals surface area contributed by atoms with Crippen LogP contribution in [-0.4, -0.2) is 64.3 Å². The molecule has 6 heteroatoms. The second-order valence-corrected chi connectivity index (χ2v) is 7.62. The van der Waals surface area contributed by atoms with Gasteiger partial charge in [0.25, 0.3) is 0 Å². The number of ether oxygens (including phenoxy) is 2. The van der Waals surface area contributed by atoms with E-state index in [0.717, 1.165) is 61.9 Å². The smallest absolute Gasteiger partial charge is 0.231 e. The van der Waals surface area contributed by atoms with E-state index in [0.29, 0.717) is 13.0 Å². The number of methoxy groups -OCH3 is 1. The Labute approximate surface area is 172 Å². The van der Waals surface area contributed by atoms with Crippen molar-refractivity contribution >= 4 is 17.3 Å². The maximum absolute atomic E-state index is 11.8. The molecule has 2 aliphatic heterocycles. The molecule has 2 heterocycles. The molecule has 0 atom stereocenters. The minimum absolute atomic E-state index is 0.143. The van der Waals surface area contributed by atoms with Gasteiger partial charge in [0.05, 0.1) is 25.8 Å². The van der Waals surface area contributed by atoms with Gasteiger partial charge in [-0.05, 0) is 42.3 Å². The lowest BCUT2D eigenvalue weighted by atomic mass is 10.1. The molecule has 0 N–H and O–H groups in total. The van der Waals surface area contributed by atoms with Crippen LogP contribution in [0.4, 0.5) is 11.4 Å². The molecule has 0 spiro atoms. The molecule has 0 aromatic heterocycles. The Morgan fingerprint density at radius 1 is 1.00 bits per heavy atom. The fourth-order valence-corrected chi connectivity index (χ4v) is 4.12. The predicted octanol–water partition coefficient (Wildman–Crippen LogP) is 2.81. The first kappa shape index (κ1) is 19.6. The number of carbonyl (C=O) groups excluding carboxylic acids is 1. The van der Waals surface area contributed by atoms with E-state index in [-0.39, 0.29) is 5.91 Å². The summed E-state index contributed by atoms with van der Waals surface area (Å²) in [6.07, 6.45) is 1.46. The second-order valence-electron chi connectivity index (χ2n) is 7.62. The number of hydrogen-bond acceptors (Lipinski definition) is 5. The number of para-hydroxylation sites is 2. The molecule has 2 aromatic rings. The topological polar surface area (TPSA) is 45.3 Å². The van der Waals surface area contributed by atoms with E-state index in [9.17, 15) is 4.79 Å². The van der Waals surface area contributed by atoms with Crippen molar-refractivity contribution in [3.63, 3.8) is 0 Å². The van der Waals surface area contributed by atoms with Crippen LogP contribution in [0, 0.1) is 0 Å². The number of likely N-dealkylation sites (N-methyl/N-ethyl adjacent to an activating group) is 1. The second kappa shape index (κ2) is 8.74. The normalized spacial score (nSPS) is 16.8. The monoisotopic (exact) mass is 395 g/mol. The number of piperazine rings is 1. The summed E-state index contributed by atoms with van der Waals surface area (Å²) in [4.78, 5) is 18.4. The van der Waals surface area contributed by atoms with E-state index in [2.05, 4.69) is 21.9 Å². The van der Waals surface area contributed by atoms with Crippen molar-refractivity contribution in [2.45, 2.75) is 12.8 Å². The number of hydrogen-bond donors (Lipinski definition) is 0. The number of amides is 1. The lowest BCUT2D eigenvalue weighted by Gasteiger charge is -2.36. The molecule has 1 saturated heterocycles. The fraction of sp³-hybridized carbons (Fsp3) is 0.435. The fourth-order valence-electron chi connectivity index (χ4n) is 4.12. The number of carbonyl (C=O) groups is 1. The Kier molecular flexibility index (Phi) is 5.90. The maximum Gasteiger partial charge on any atom is 0.231 e. The van der Waals surface area contributed by atoms with E-state index in [1.54, 1.807) is 12.0 Å². The number of nitrogens with zero attached hydrogens (tertiary/aromatic N) is 3. The average Bonchev–Trinajstić information content (AvgIpc) is 3.04. The van der Waals surface area contributed by atoms with E-state index in [4.69, 9.17) is 9.47 Å². The molecule has 1 amide bonds. The zero-order chi connectivity index (χ0) is 20.2. The van der Waals surface area contributed by atoms with Gasteiger partial charge < -0.3 is 19.3 Å². The van der Waals surface area contributed by atoms with Crippen LogP contribution in [0.3, 0.4) is 0 Å². The number of anilines is 2. The number of rotatable bonds is 7. The summed E-state index contributed by atoms with van der Waals surface area (Å²) >= 11 is 0. The molecule has 0 saturated carbocycles. The summed E-state index contributed by atoms with van der Waals surface area (Å²) in [7, 11) is 3.55. The maximum atomic E-state index is 11.8. The molecule has 0 bridgehead atoms. The van der Waals surface area contributed by atoms with Crippen molar-refractivity contribution in [3.8, 4) is 11.5 Å². The van der Waals surface area contributed by atoms with Crippen molar-refractivity contribution < 1.29 is 14.3 Å². The van der Waals surface area contributed by atoms with Crippen molar-refractivity contribution in [1.29, 1.82) is 0 Å². The van der Waals surface area contributed by atoms with Crippen LogP contribution in [0.1, 0.15) is 12.0 Å². The Bertz CT molecular complexity index is 862.